The molecule has 0 saturated heterocycles. The van der Waals surface area contributed by atoms with Gasteiger partial charge in [-0.2, -0.15) is 0 Å². The molecule has 94 valence electrons. The number of benzene rings is 1. The first-order valence-electron chi connectivity index (χ1n) is 5.77. The van der Waals surface area contributed by atoms with Gasteiger partial charge in [-0.25, -0.2) is 4.90 Å². The van der Waals surface area contributed by atoms with Crippen LogP contribution in [-0.4, -0.2) is 16.8 Å². The van der Waals surface area contributed by atoms with Gasteiger partial charge in [0, 0.05) is 5.69 Å². The molecule has 2 heterocycles. The third kappa shape index (κ3) is 1.70. The summed E-state index contributed by atoms with van der Waals surface area (Å²) in [6, 6.07) is 10.5. The van der Waals surface area contributed by atoms with Gasteiger partial charge in [-0.15, -0.1) is 0 Å². The Bertz CT molecular complexity index is 750. The van der Waals surface area contributed by atoms with E-state index in [1.165, 1.54) is 0 Å². The van der Waals surface area contributed by atoms with Gasteiger partial charge in [0.2, 0.25) is 0 Å². The molecule has 1 N–H and O–H groups in total. The molecule has 3 rings (SSSR count). The summed E-state index contributed by atoms with van der Waals surface area (Å²) in [5.74, 6) is -0.693. The molecule has 1 aliphatic heterocycles. The molecule has 5 heteroatoms. The largest absolute Gasteiger partial charge is 0.350 e. The molecule has 0 aliphatic carbocycles. The molecule has 0 saturated carbocycles. The van der Waals surface area contributed by atoms with Crippen molar-refractivity contribution in [3.05, 3.63) is 57.9 Å². The minimum Gasteiger partial charge on any atom is -0.350 e. The summed E-state index contributed by atoms with van der Waals surface area (Å²) in [5.41, 5.74) is 1.98. The lowest BCUT2D eigenvalue weighted by atomic mass is 10.1. The molecule has 0 unspecified atom stereocenters. The topological polar surface area (TPSA) is 53.2 Å². The lowest BCUT2D eigenvalue weighted by Crippen LogP contribution is -2.29. The van der Waals surface area contributed by atoms with Crippen LogP contribution in [0.2, 0.25) is 0 Å². The van der Waals surface area contributed by atoms with E-state index in [9.17, 15) is 9.59 Å². The van der Waals surface area contributed by atoms with Crippen LogP contribution >= 0.6 is 12.2 Å². The summed E-state index contributed by atoms with van der Waals surface area (Å²) in [5, 5.41) is 0. The lowest BCUT2D eigenvalue weighted by molar-refractivity contribution is 0.0926. The molecule has 4 nitrogen and oxygen atoms in total. The zero-order valence-corrected chi connectivity index (χ0v) is 11.0. The van der Waals surface area contributed by atoms with E-state index in [1.807, 2.05) is 6.07 Å². The van der Waals surface area contributed by atoms with E-state index in [0.29, 0.717) is 15.9 Å². The number of imide groups is 1. The maximum Gasteiger partial charge on any atom is 0.269 e. The zero-order chi connectivity index (χ0) is 13.6. The van der Waals surface area contributed by atoms with Crippen LogP contribution in [0.15, 0.2) is 36.4 Å². The second kappa shape index (κ2) is 4.13. The van der Waals surface area contributed by atoms with Crippen molar-refractivity contribution in [3.8, 4) is 0 Å². The van der Waals surface area contributed by atoms with Crippen molar-refractivity contribution in [2.75, 3.05) is 4.90 Å². The molecule has 2 amide bonds. The van der Waals surface area contributed by atoms with E-state index < -0.39 is 0 Å². The van der Waals surface area contributed by atoms with Crippen LogP contribution in [0.3, 0.4) is 0 Å². The van der Waals surface area contributed by atoms with Gasteiger partial charge in [-0.1, -0.05) is 30.4 Å². The van der Waals surface area contributed by atoms with Crippen LogP contribution < -0.4 is 4.90 Å². The minimum atomic E-state index is -0.368. The van der Waals surface area contributed by atoms with Crippen molar-refractivity contribution in [1.29, 1.82) is 0 Å². The van der Waals surface area contributed by atoms with E-state index in [2.05, 4.69) is 4.98 Å². The number of nitrogens with one attached hydrogen (secondary N) is 1. The van der Waals surface area contributed by atoms with Crippen LogP contribution in [-0.2, 0) is 0 Å². The number of fused-ring (bicyclic) bond motifs is 1. The lowest BCUT2D eigenvalue weighted by Gasteiger charge is -2.12. The quantitative estimate of drug-likeness (QED) is 0.640. The van der Waals surface area contributed by atoms with Gasteiger partial charge in [0.05, 0.1) is 16.8 Å². The highest BCUT2D eigenvalue weighted by Crippen LogP contribution is 2.28. The second-order valence-corrected chi connectivity index (χ2v) is 4.76. The van der Waals surface area contributed by atoms with E-state index in [1.54, 1.807) is 37.3 Å². The van der Waals surface area contributed by atoms with E-state index in [4.69, 9.17) is 12.2 Å². The summed E-state index contributed by atoms with van der Waals surface area (Å²) in [6.45, 7) is 1.80. The molecule has 0 spiro atoms. The van der Waals surface area contributed by atoms with Crippen molar-refractivity contribution < 1.29 is 9.59 Å². The monoisotopic (exact) mass is 270 g/mol. The van der Waals surface area contributed by atoms with Gasteiger partial charge >= 0.3 is 0 Å². The summed E-state index contributed by atoms with van der Waals surface area (Å²) in [4.78, 5) is 28.8. The van der Waals surface area contributed by atoms with Crippen molar-refractivity contribution in [3.63, 3.8) is 0 Å². The Balaban J connectivity index is 2.21. The Morgan fingerprint density at radius 2 is 1.79 bits per heavy atom. The van der Waals surface area contributed by atoms with Crippen molar-refractivity contribution in [2.24, 2.45) is 0 Å². The highest BCUT2D eigenvalue weighted by atomic mass is 32.1. The molecule has 1 aromatic heterocycles. The van der Waals surface area contributed by atoms with Crippen LogP contribution in [0.4, 0.5) is 5.69 Å². The highest BCUT2D eigenvalue weighted by molar-refractivity contribution is 7.71. The molecule has 1 aromatic carbocycles. The van der Waals surface area contributed by atoms with Crippen molar-refractivity contribution in [2.45, 2.75) is 6.92 Å². The fourth-order valence-electron chi connectivity index (χ4n) is 2.21. The number of nitrogens with zero attached hydrogens (tertiary/aromatic N) is 1. The number of carbonyl (C=O) groups excluding carboxylic acids is 2. The Labute approximate surface area is 114 Å². The second-order valence-electron chi connectivity index (χ2n) is 4.35. The van der Waals surface area contributed by atoms with Gasteiger partial charge < -0.3 is 4.98 Å². The number of hydrogen-bond donors (Lipinski definition) is 1. The highest BCUT2D eigenvalue weighted by Gasteiger charge is 2.37. The Hall–Kier alpha value is -2.27. The van der Waals surface area contributed by atoms with Crippen LogP contribution in [0.25, 0.3) is 0 Å². The number of aryl methyl sites for hydroxylation is 1. The fraction of sp³-hybridized carbons (Fsp3) is 0.0714. The van der Waals surface area contributed by atoms with E-state index >= 15 is 0 Å². The molecule has 0 atom stereocenters. The van der Waals surface area contributed by atoms with E-state index in [0.717, 1.165) is 10.6 Å². The smallest absolute Gasteiger partial charge is 0.269 e. The Morgan fingerprint density at radius 3 is 2.47 bits per heavy atom. The normalized spacial score (nSPS) is 13.8. The number of carbonyl (C=O) groups is 2. The van der Waals surface area contributed by atoms with Crippen LogP contribution in [0.5, 0.6) is 0 Å². The fourth-order valence-corrected chi connectivity index (χ4v) is 2.56. The maximum atomic E-state index is 12.4. The molecule has 2 aromatic rings. The molecule has 19 heavy (non-hydrogen) atoms. The summed E-state index contributed by atoms with van der Waals surface area (Å²) >= 11 is 5.14. The summed E-state index contributed by atoms with van der Waals surface area (Å²) < 4.78 is 0.312. The van der Waals surface area contributed by atoms with Crippen LogP contribution in [0.1, 0.15) is 26.4 Å². The van der Waals surface area contributed by atoms with Gasteiger partial charge in [-0.05, 0) is 25.1 Å². The predicted octanol–water partition coefficient (Wildman–Crippen LogP) is 2.85. The first-order valence-corrected chi connectivity index (χ1v) is 6.18. The first kappa shape index (κ1) is 11.8. The minimum absolute atomic E-state index is 0.287. The molecular weight excluding hydrogens is 260 g/mol. The standard InChI is InChI=1S/C14H10N2O2S/c1-8-7-10-11(12(19)15-8)14(18)16(13(10)17)9-5-3-2-4-6-9/h2-7H,1H3,(H,15,19). The number of pyridine rings is 1. The Kier molecular flexibility index (Phi) is 2.57. The van der Waals surface area contributed by atoms with Gasteiger partial charge in [-0.3, -0.25) is 9.59 Å². The van der Waals surface area contributed by atoms with Crippen LogP contribution in [0, 0.1) is 11.6 Å². The number of H-pyrrole nitrogens is 1. The number of hydrogen-bond acceptors (Lipinski definition) is 3. The molecule has 1 aliphatic rings. The molecule has 0 radical (unpaired) electrons. The van der Waals surface area contributed by atoms with Gasteiger partial charge in [0.15, 0.2) is 0 Å². The average Bonchev–Trinajstić information content (AvgIpc) is 2.62. The number of amides is 2. The molecule has 0 fully saturated rings. The SMILES string of the molecule is Cc1cc2c(c(=S)[nH]1)C(=O)N(c1ccccc1)C2=O. The molecular formula is C14H10N2O2S. The number of para-hydroxylation sites is 1. The number of rotatable bonds is 1. The third-order valence-electron chi connectivity index (χ3n) is 3.03. The zero-order valence-electron chi connectivity index (χ0n) is 10.1. The number of anilines is 1. The summed E-state index contributed by atoms with van der Waals surface area (Å²) in [7, 11) is 0. The average molecular weight is 270 g/mol. The Morgan fingerprint density at radius 1 is 1.11 bits per heavy atom. The third-order valence-corrected chi connectivity index (χ3v) is 3.34. The maximum absolute atomic E-state index is 12.4. The first-order chi connectivity index (χ1) is 9.09. The van der Waals surface area contributed by atoms with E-state index in [-0.39, 0.29) is 17.4 Å². The predicted molar refractivity (Wildman–Crippen MR) is 73.9 cm³/mol. The van der Waals surface area contributed by atoms with Crippen molar-refractivity contribution >= 4 is 29.7 Å². The number of aromatic amines is 1. The van der Waals surface area contributed by atoms with Crippen molar-refractivity contribution in [1.82, 2.24) is 4.98 Å². The van der Waals surface area contributed by atoms with Gasteiger partial charge in [0.1, 0.15) is 4.64 Å². The van der Waals surface area contributed by atoms with Gasteiger partial charge in [0.25, 0.3) is 11.8 Å². The summed E-state index contributed by atoms with van der Waals surface area (Å²) in [6.07, 6.45) is 0. The number of aromatic nitrogens is 1. The molecule has 0 bridgehead atoms.